The zero-order valence-electron chi connectivity index (χ0n) is 17.2. The molecule has 0 unspecified atom stereocenters. The number of aromatic nitrogens is 3. The first-order chi connectivity index (χ1) is 13.9. The Morgan fingerprint density at radius 2 is 1.45 bits per heavy atom. The summed E-state index contributed by atoms with van der Waals surface area (Å²) in [5.41, 5.74) is 12.2. The van der Waals surface area contributed by atoms with Gasteiger partial charge in [-0.2, -0.15) is 0 Å². The zero-order chi connectivity index (χ0) is 20.6. The van der Waals surface area contributed by atoms with Gasteiger partial charge in [0.1, 0.15) is 17.8 Å². The Morgan fingerprint density at radius 3 is 2.03 bits per heavy atom. The Balaban J connectivity index is 1.69. The van der Waals surface area contributed by atoms with Crippen LogP contribution in [0.5, 0.6) is 0 Å². The van der Waals surface area contributed by atoms with Crippen molar-refractivity contribution in [3.63, 3.8) is 0 Å². The molecule has 148 valence electrons. The number of anilines is 4. The normalized spacial score (nSPS) is 11.6. The molecule has 0 saturated carbocycles. The predicted molar refractivity (Wildman–Crippen MR) is 122 cm³/mol. The molecule has 0 aliphatic heterocycles. The zero-order valence-corrected chi connectivity index (χ0v) is 17.2. The molecule has 4 N–H and O–H groups in total. The molecule has 0 radical (unpaired) electrons. The third-order valence-corrected chi connectivity index (χ3v) is 4.99. The maximum atomic E-state index is 6.22. The SMILES string of the molecule is CNc1ccc(Nc2ccc(-c3cn(C(C)(C)C)c4ncnc(N)c34)cc2)cc1. The number of benzene rings is 2. The van der Waals surface area contributed by atoms with E-state index >= 15 is 0 Å². The fraction of sp³-hybridized carbons (Fsp3) is 0.217. The first kappa shape index (κ1) is 18.8. The van der Waals surface area contributed by atoms with E-state index in [1.165, 1.54) is 6.33 Å². The van der Waals surface area contributed by atoms with Gasteiger partial charge in [-0.1, -0.05) is 12.1 Å². The summed E-state index contributed by atoms with van der Waals surface area (Å²) in [5, 5.41) is 7.45. The standard InChI is InChI=1S/C23H26N6/c1-23(2,3)29-13-19(20-21(24)26-14-27-22(20)29)15-5-7-17(8-6-15)28-18-11-9-16(25-4)10-12-18/h5-14,25,28H,1-4H3,(H2,24,26,27). The lowest BCUT2D eigenvalue weighted by molar-refractivity contribution is 0.408. The summed E-state index contributed by atoms with van der Waals surface area (Å²) >= 11 is 0. The fourth-order valence-corrected chi connectivity index (χ4v) is 3.44. The van der Waals surface area contributed by atoms with Crippen LogP contribution in [0.3, 0.4) is 0 Å². The number of nitrogens with zero attached hydrogens (tertiary/aromatic N) is 3. The summed E-state index contributed by atoms with van der Waals surface area (Å²) in [6, 6.07) is 16.5. The van der Waals surface area contributed by atoms with E-state index < -0.39 is 0 Å². The third-order valence-electron chi connectivity index (χ3n) is 4.99. The molecule has 0 spiro atoms. The summed E-state index contributed by atoms with van der Waals surface area (Å²) in [5.74, 6) is 0.500. The van der Waals surface area contributed by atoms with Crippen LogP contribution < -0.4 is 16.4 Å². The quantitative estimate of drug-likeness (QED) is 0.448. The Hall–Kier alpha value is -3.54. The van der Waals surface area contributed by atoms with Gasteiger partial charge in [-0.05, 0) is 62.7 Å². The van der Waals surface area contributed by atoms with Gasteiger partial charge in [-0.15, -0.1) is 0 Å². The van der Waals surface area contributed by atoms with Crippen LogP contribution in [0.4, 0.5) is 22.9 Å². The molecule has 6 nitrogen and oxygen atoms in total. The molecular weight excluding hydrogens is 360 g/mol. The molecule has 0 amide bonds. The van der Waals surface area contributed by atoms with Crippen LogP contribution in [0.1, 0.15) is 20.8 Å². The molecule has 4 aromatic rings. The summed E-state index contributed by atoms with van der Waals surface area (Å²) in [6.07, 6.45) is 3.64. The monoisotopic (exact) mass is 386 g/mol. The summed E-state index contributed by atoms with van der Waals surface area (Å²) in [6.45, 7) is 6.46. The Bertz CT molecular complexity index is 1140. The van der Waals surface area contributed by atoms with Crippen molar-refractivity contribution in [1.82, 2.24) is 14.5 Å². The van der Waals surface area contributed by atoms with E-state index in [-0.39, 0.29) is 5.54 Å². The number of nitrogen functional groups attached to an aromatic ring is 1. The van der Waals surface area contributed by atoms with Crippen molar-refractivity contribution in [1.29, 1.82) is 0 Å². The van der Waals surface area contributed by atoms with Crippen LogP contribution in [0.15, 0.2) is 61.1 Å². The average molecular weight is 387 g/mol. The van der Waals surface area contributed by atoms with Crippen molar-refractivity contribution in [2.24, 2.45) is 0 Å². The maximum Gasteiger partial charge on any atom is 0.146 e. The minimum atomic E-state index is -0.113. The summed E-state index contributed by atoms with van der Waals surface area (Å²) < 4.78 is 2.16. The summed E-state index contributed by atoms with van der Waals surface area (Å²) in [4.78, 5) is 8.71. The van der Waals surface area contributed by atoms with Gasteiger partial charge in [-0.25, -0.2) is 9.97 Å². The number of hydrogen-bond donors (Lipinski definition) is 3. The van der Waals surface area contributed by atoms with Gasteiger partial charge in [0.25, 0.3) is 0 Å². The molecule has 29 heavy (non-hydrogen) atoms. The molecular formula is C23H26N6. The summed E-state index contributed by atoms with van der Waals surface area (Å²) in [7, 11) is 1.91. The number of rotatable bonds is 4. The van der Waals surface area contributed by atoms with E-state index in [1.54, 1.807) is 0 Å². The molecule has 6 heteroatoms. The highest BCUT2D eigenvalue weighted by Crippen LogP contribution is 2.36. The molecule has 0 saturated heterocycles. The van der Waals surface area contributed by atoms with E-state index in [9.17, 15) is 0 Å². The molecule has 2 aromatic heterocycles. The number of nitrogens with one attached hydrogen (secondary N) is 2. The van der Waals surface area contributed by atoms with Gasteiger partial charge in [0, 0.05) is 41.4 Å². The Kier molecular flexibility index (Phi) is 4.62. The highest BCUT2D eigenvalue weighted by atomic mass is 15.1. The molecule has 2 heterocycles. The van der Waals surface area contributed by atoms with Crippen molar-refractivity contribution in [2.75, 3.05) is 23.4 Å². The van der Waals surface area contributed by atoms with Crippen LogP contribution in [-0.2, 0) is 5.54 Å². The molecule has 4 rings (SSSR count). The topological polar surface area (TPSA) is 80.8 Å². The van der Waals surface area contributed by atoms with Crippen molar-refractivity contribution in [3.8, 4) is 11.1 Å². The Labute approximate surface area is 170 Å². The minimum Gasteiger partial charge on any atom is -0.388 e. The smallest absolute Gasteiger partial charge is 0.146 e. The predicted octanol–water partition coefficient (Wildman–Crippen LogP) is 5.22. The lowest BCUT2D eigenvalue weighted by Crippen LogP contribution is -2.21. The fourth-order valence-electron chi connectivity index (χ4n) is 3.44. The minimum absolute atomic E-state index is 0.113. The molecule has 0 aliphatic carbocycles. The Morgan fingerprint density at radius 1 is 0.862 bits per heavy atom. The van der Waals surface area contributed by atoms with Crippen LogP contribution in [0.2, 0.25) is 0 Å². The van der Waals surface area contributed by atoms with Gasteiger partial charge in [0.2, 0.25) is 0 Å². The maximum absolute atomic E-state index is 6.22. The highest BCUT2D eigenvalue weighted by Gasteiger charge is 2.21. The van der Waals surface area contributed by atoms with Crippen LogP contribution in [-0.4, -0.2) is 21.6 Å². The van der Waals surface area contributed by atoms with E-state index in [1.807, 2.05) is 19.2 Å². The van der Waals surface area contributed by atoms with Crippen LogP contribution >= 0.6 is 0 Å². The van der Waals surface area contributed by atoms with E-state index in [0.717, 1.165) is 39.2 Å². The van der Waals surface area contributed by atoms with Crippen molar-refractivity contribution in [2.45, 2.75) is 26.3 Å². The number of nitrogens with two attached hydrogens (primary N) is 1. The van der Waals surface area contributed by atoms with E-state index in [4.69, 9.17) is 5.73 Å². The first-order valence-electron chi connectivity index (χ1n) is 9.64. The second kappa shape index (κ2) is 7.13. The van der Waals surface area contributed by atoms with Gasteiger partial charge in [-0.3, -0.25) is 0 Å². The molecule has 2 aromatic carbocycles. The molecule has 0 aliphatic rings. The largest absolute Gasteiger partial charge is 0.388 e. The highest BCUT2D eigenvalue weighted by molar-refractivity contribution is 6.00. The van der Waals surface area contributed by atoms with Crippen molar-refractivity contribution in [3.05, 3.63) is 61.1 Å². The van der Waals surface area contributed by atoms with E-state index in [0.29, 0.717) is 5.82 Å². The number of hydrogen-bond acceptors (Lipinski definition) is 5. The van der Waals surface area contributed by atoms with Gasteiger partial charge in [0.05, 0.1) is 5.39 Å². The first-order valence-corrected chi connectivity index (χ1v) is 9.64. The van der Waals surface area contributed by atoms with Crippen LogP contribution in [0, 0.1) is 0 Å². The molecule has 0 atom stereocenters. The van der Waals surface area contributed by atoms with E-state index in [2.05, 4.69) is 88.5 Å². The number of fused-ring (bicyclic) bond motifs is 1. The van der Waals surface area contributed by atoms with Gasteiger partial charge >= 0.3 is 0 Å². The average Bonchev–Trinajstić information content (AvgIpc) is 3.11. The molecule has 0 fully saturated rings. The van der Waals surface area contributed by atoms with Gasteiger partial charge < -0.3 is 20.9 Å². The third kappa shape index (κ3) is 3.61. The van der Waals surface area contributed by atoms with Gasteiger partial charge in [0.15, 0.2) is 0 Å². The van der Waals surface area contributed by atoms with Crippen LogP contribution in [0.25, 0.3) is 22.2 Å². The second-order valence-electron chi connectivity index (χ2n) is 8.07. The molecule has 0 bridgehead atoms. The second-order valence-corrected chi connectivity index (χ2v) is 8.07. The lowest BCUT2D eigenvalue weighted by Gasteiger charge is -2.21. The lowest BCUT2D eigenvalue weighted by atomic mass is 10.1. The van der Waals surface area contributed by atoms with Crippen molar-refractivity contribution >= 4 is 33.9 Å². The van der Waals surface area contributed by atoms with Crippen molar-refractivity contribution < 1.29 is 0 Å².